The van der Waals surface area contributed by atoms with Crippen LogP contribution in [0.2, 0.25) is 0 Å². The van der Waals surface area contributed by atoms with Gasteiger partial charge in [-0.05, 0) is 31.9 Å². The van der Waals surface area contributed by atoms with E-state index in [-0.39, 0.29) is 19.0 Å². The Hall–Kier alpha value is -1.92. The number of carboxylic acids is 1. The average molecular weight is 320 g/mol. The lowest BCUT2D eigenvalue weighted by Crippen LogP contribution is -2.57. The zero-order valence-corrected chi connectivity index (χ0v) is 13.4. The molecule has 1 amide bonds. The van der Waals surface area contributed by atoms with Gasteiger partial charge in [0.15, 0.2) is 0 Å². The van der Waals surface area contributed by atoms with Crippen LogP contribution in [0.3, 0.4) is 0 Å². The summed E-state index contributed by atoms with van der Waals surface area (Å²) in [5, 5.41) is 22.9. The van der Waals surface area contributed by atoms with Crippen molar-refractivity contribution in [3.63, 3.8) is 0 Å². The summed E-state index contributed by atoms with van der Waals surface area (Å²) in [4.78, 5) is 25.3. The van der Waals surface area contributed by atoms with Crippen LogP contribution < -0.4 is 5.32 Å². The Morgan fingerprint density at radius 1 is 1.35 bits per heavy atom. The minimum Gasteiger partial charge on any atom is -0.481 e. The van der Waals surface area contributed by atoms with Crippen molar-refractivity contribution >= 4 is 11.9 Å². The fourth-order valence-electron chi connectivity index (χ4n) is 3.13. The normalized spacial score (nSPS) is 25.0. The number of likely N-dealkylation sites (tertiary alicyclic amines) is 1. The quantitative estimate of drug-likeness (QED) is 0.710. The van der Waals surface area contributed by atoms with Gasteiger partial charge in [-0.25, -0.2) is 0 Å². The van der Waals surface area contributed by atoms with Crippen LogP contribution in [-0.4, -0.2) is 59.3 Å². The molecule has 23 heavy (non-hydrogen) atoms. The predicted octanol–water partition coefficient (Wildman–Crippen LogP) is 0.503. The van der Waals surface area contributed by atoms with Crippen molar-refractivity contribution in [2.75, 3.05) is 26.2 Å². The highest BCUT2D eigenvalue weighted by Crippen LogP contribution is 2.36. The molecule has 3 N–H and O–H groups in total. The molecule has 2 atom stereocenters. The van der Waals surface area contributed by atoms with Crippen LogP contribution in [-0.2, 0) is 16.0 Å². The third-order valence-corrected chi connectivity index (χ3v) is 4.47. The molecule has 126 valence electrons. The Kier molecular flexibility index (Phi) is 5.74. The Labute approximate surface area is 136 Å². The van der Waals surface area contributed by atoms with Crippen molar-refractivity contribution in [3.8, 4) is 0 Å². The van der Waals surface area contributed by atoms with E-state index in [1.54, 1.807) is 0 Å². The van der Waals surface area contributed by atoms with Crippen molar-refractivity contribution in [3.05, 3.63) is 35.9 Å². The summed E-state index contributed by atoms with van der Waals surface area (Å²) in [5.74, 6) is -1.09. The summed E-state index contributed by atoms with van der Waals surface area (Å²) in [6.45, 7) is 3.26. The van der Waals surface area contributed by atoms with Gasteiger partial charge >= 0.3 is 5.97 Å². The lowest BCUT2D eigenvalue weighted by molar-refractivity contribution is -0.163. The number of aliphatic hydroxyl groups is 1. The maximum absolute atomic E-state index is 11.9. The number of β-amino-alcohol motifs (C(OH)–C–C–N with tert-alkyl or cyclic N) is 1. The molecule has 1 aliphatic heterocycles. The third kappa shape index (κ3) is 4.09. The first kappa shape index (κ1) is 17.4. The number of carbonyl (C=O) groups excluding carboxylic acids is 1. The van der Waals surface area contributed by atoms with Crippen LogP contribution in [0.4, 0.5) is 0 Å². The highest BCUT2D eigenvalue weighted by atomic mass is 16.4. The molecule has 1 heterocycles. The van der Waals surface area contributed by atoms with Gasteiger partial charge < -0.3 is 15.5 Å². The molecule has 0 spiro atoms. The van der Waals surface area contributed by atoms with Gasteiger partial charge in [-0.1, -0.05) is 30.3 Å². The Morgan fingerprint density at radius 2 is 2.04 bits per heavy atom. The molecule has 0 saturated carbocycles. The number of nitrogens with one attached hydrogen (secondary N) is 1. The van der Waals surface area contributed by atoms with E-state index >= 15 is 0 Å². The van der Waals surface area contributed by atoms with E-state index in [1.165, 1.54) is 0 Å². The number of likely N-dealkylation sites (N-methyl/N-ethyl adjacent to an activating group) is 1. The molecule has 0 unspecified atom stereocenters. The molecule has 0 aliphatic carbocycles. The Bertz CT molecular complexity index is 549. The summed E-state index contributed by atoms with van der Waals surface area (Å²) >= 11 is 0. The molecule has 1 aromatic rings. The van der Waals surface area contributed by atoms with Crippen LogP contribution >= 0.6 is 0 Å². The van der Waals surface area contributed by atoms with Gasteiger partial charge in [0, 0.05) is 13.1 Å². The van der Waals surface area contributed by atoms with E-state index in [0.717, 1.165) is 5.56 Å². The fourth-order valence-corrected chi connectivity index (χ4v) is 3.13. The van der Waals surface area contributed by atoms with E-state index < -0.39 is 17.5 Å². The molecule has 1 aromatic carbocycles. The van der Waals surface area contributed by atoms with Crippen molar-refractivity contribution < 1.29 is 19.8 Å². The molecule has 1 saturated heterocycles. The molecule has 6 heteroatoms. The molecule has 0 aromatic heterocycles. The van der Waals surface area contributed by atoms with Crippen LogP contribution in [0.5, 0.6) is 0 Å². The smallest absolute Gasteiger partial charge is 0.312 e. The van der Waals surface area contributed by atoms with Crippen LogP contribution in [0.25, 0.3) is 0 Å². The molecule has 0 bridgehead atoms. The molecule has 1 fully saturated rings. The number of aliphatic hydroxyl groups excluding tert-OH is 1. The second-order valence-electron chi connectivity index (χ2n) is 6.08. The number of hydrogen-bond donors (Lipinski definition) is 3. The van der Waals surface area contributed by atoms with E-state index in [9.17, 15) is 19.8 Å². The summed E-state index contributed by atoms with van der Waals surface area (Å²) in [6.07, 6.45) is -0.402. The minimum absolute atomic E-state index is 0.106. The standard InChI is InChI=1S/C17H24N2O4/c1-2-18-15(21)12-19-9-8-17(16(22)23,14(20)11-19)10-13-6-4-3-5-7-13/h3-7,14,20H,2,8-12H2,1H3,(H,18,21)(H,22,23)/t14-,17+/m0/s1. The van der Waals surface area contributed by atoms with Gasteiger partial charge in [0.2, 0.25) is 5.91 Å². The van der Waals surface area contributed by atoms with Gasteiger partial charge in [-0.3, -0.25) is 14.5 Å². The summed E-state index contributed by atoms with van der Waals surface area (Å²) in [7, 11) is 0. The van der Waals surface area contributed by atoms with Gasteiger partial charge in [0.25, 0.3) is 0 Å². The number of benzene rings is 1. The van der Waals surface area contributed by atoms with Crippen LogP contribution in [0.15, 0.2) is 30.3 Å². The number of aliphatic carboxylic acids is 1. The molecule has 1 aliphatic rings. The maximum Gasteiger partial charge on any atom is 0.312 e. The number of nitrogens with zero attached hydrogens (tertiary/aromatic N) is 1. The molecule has 2 rings (SSSR count). The lowest BCUT2D eigenvalue weighted by atomic mass is 9.71. The van der Waals surface area contributed by atoms with Crippen molar-refractivity contribution in [2.45, 2.75) is 25.9 Å². The molecule has 6 nitrogen and oxygen atoms in total. The van der Waals surface area contributed by atoms with Crippen LogP contribution in [0.1, 0.15) is 18.9 Å². The number of carbonyl (C=O) groups is 2. The van der Waals surface area contributed by atoms with Gasteiger partial charge in [0.1, 0.15) is 5.41 Å². The first-order chi connectivity index (χ1) is 11.0. The number of carboxylic acid groups (broad SMARTS) is 1. The van der Waals surface area contributed by atoms with E-state index in [1.807, 2.05) is 42.2 Å². The van der Waals surface area contributed by atoms with E-state index in [0.29, 0.717) is 25.9 Å². The van der Waals surface area contributed by atoms with Crippen molar-refractivity contribution in [1.29, 1.82) is 0 Å². The summed E-state index contributed by atoms with van der Waals surface area (Å²) in [5.41, 5.74) is -0.301. The maximum atomic E-state index is 11.9. The minimum atomic E-state index is -1.20. The monoisotopic (exact) mass is 320 g/mol. The number of piperidine rings is 1. The zero-order chi connectivity index (χ0) is 16.9. The molecule has 0 radical (unpaired) electrons. The highest BCUT2D eigenvalue weighted by molar-refractivity contribution is 5.78. The second kappa shape index (κ2) is 7.57. The number of amides is 1. The fraction of sp³-hybridized carbons (Fsp3) is 0.529. The summed E-state index contributed by atoms with van der Waals surface area (Å²) in [6, 6.07) is 9.35. The number of hydrogen-bond acceptors (Lipinski definition) is 4. The first-order valence-electron chi connectivity index (χ1n) is 7.92. The largest absolute Gasteiger partial charge is 0.481 e. The predicted molar refractivity (Wildman–Crippen MR) is 86.0 cm³/mol. The Morgan fingerprint density at radius 3 is 2.61 bits per heavy atom. The van der Waals surface area contributed by atoms with Gasteiger partial charge in [-0.2, -0.15) is 0 Å². The second-order valence-corrected chi connectivity index (χ2v) is 6.08. The first-order valence-corrected chi connectivity index (χ1v) is 7.92. The number of rotatable bonds is 6. The SMILES string of the molecule is CCNC(=O)CN1CC[C@](Cc2ccccc2)(C(=O)O)[C@@H](O)C1. The van der Waals surface area contributed by atoms with Gasteiger partial charge in [-0.15, -0.1) is 0 Å². The van der Waals surface area contributed by atoms with E-state index in [4.69, 9.17) is 0 Å². The average Bonchev–Trinajstić information content (AvgIpc) is 2.51. The molecular weight excluding hydrogens is 296 g/mol. The third-order valence-electron chi connectivity index (χ3n) is 4.47. The van der Waals surface area contributed by atoms with Crippen LogP contribution in [0, 0.1) is 5.41 Å². The van der Waals surface area contributed by atoms with E-state index in [2.05, 4.69) is 5.32 Å². The topological polar surface area (TPSA) is 89.9 Å². The molecular formula is C17H24N2O4. The Balaban J connectivity index is 2.08. The van der Waals surface area contributed by atoms with Gasteiger partial charge in [0.05, 0.1) is 12.6 Å². The zero-order valence-electron chi connectivity index (χ0n) is 13.4. The lowest BCUT2D eigenvalue weighted by Gasteiger charge is -2.42. The van der Waals surface area contributed by atoms with Crippen molar-refractivity contribution in [2.24, 2.45) is 5.41 Å². The summed E-state index contributed by atoms with van der Waals surface area (Å²) < 4.78 is 0. The van der Waals surface area contributed by atoms with Crippen molar-refractivity contribution in [1.82, 2.24) is 10.2 Å². The highest BCUT2D eigenvalue weighted by Gasteiger charge is 2.48.